The number of halogens is 1. The molecule has 0 bridgehead atoms. The Kier molecular flexibility index (Phi) is 5.15. The largest absolute Gasteiger partial charge is 0.271 e. The zero-order valence-electron chi connectivity index (χ0n) is 10.7. The molecule has 1 aromatic carbocycles. The average Bonchev–Trinajstić information content (AvgIpc) is 2.25. The second-order valence-corrected chi connectivity index (χ2v) is 5.48. The first kappa shape index (κ1) is 14.2. The van der Waals surface area contributed by atoms with E-state index in [4.69, 9.17) is 0 Å². The van der Waals surface area contributed by atoms with Crippen molar-refractivity contribution in [1.82, 2.24) is 10.4 Å². The Bertz CT molecular complexity index is 374. The predicted molar refractivity (Wildman–Crippen MR) is 73.7 cm³/mol. The molecule has 0 saturated heterocycles. The highest BCUT2D eigenvalue weighted by molar-refractivity contribution is 9.10. The van der Waals surface area contributed by atoms with Gasteiger partial charge >= 0.3 is 0 Å². The number of carbonyl (C=O) groups excluding carboxylic acids is 1. The van der Waals surface area contributed by atoms with Crippen LogP contribution in [0.15, 0.2) is 28.7 Å². The fourth-order valence-corrected chi connectivity index (χ4v) is 1.72. The van der Waals surface area contributed by atoms with Gasteiger partial charge in [0.25, 0.3) is 5.91 Å². The van der Waals surface area contributed by atoms with E-state index >= 15 is 0 Å². The summed E-state index contributed by atoms with van der Waals surface area (Å²) in [4.78, 5) is 12.3. The van der Waals surface area contributed by atoms with Crippen molar-refractivity contribution >= 4 is 21.8 Å². The van der Waals surface area contributed by atoms with Crippen LogP contribution in [0.1, 0.15) is 38.1 Å². The molecule has 0 radical (unpaired) electrons. The van der Waals surface area contributed by atoms with Gasteiger partial charge in [-0.1, -0.05) is 15.9 Å². The number of hydrazine groups is 1. The van der Waals surface area contributed by atoms with Crippen LogP contribution in [-0.4, -0.2) is 23.0 Å². The van der Waals surface area contributed by atoms with Crippen LogP contribution in [0.3, 0.4) is 0 Å². The zero-order valence-corrected chi connectivity index (χ0v) is 12.3. The maximum atomic E-state index is 12.3. The number of carbonyl (C=O) groups is 1. The predicted octanol–water partition coefficient (Wildman–Crippen LogP) is 3.21. The van der Waals surface area contributed by atoms with E-state index in [0.29, 0.717) is 5.56 Å². The van der Waals surface area contributed by atoms with Gasteiger partial charge in [-0.2, -0.15) is 0 Å². The highest BCUT2D eigenvalue weighted by Gasteiger charge is 2.19. The van der Waals surface area contributed by atoms with Crippen molar-refractivity contribution in [2.75, 3.05) is 0 Å². The van der Waals surface area contributed by atoms with E-state index in [-0.39, 0.29) is 18.0 Å². The summed E-state index contributed by atoms with van der Waals surface area (Å²) >= 11 is 3.36. The molecule has 3 nitrogen and oxygen atoms in total. The van der Waals surface area contributed by atoms with Gasteiger partial charge in [0.15, 0.2) is 0 Å². The van der Waals surface area contributed by atoms with Gasteiger partial charge in [0.1, 0.15) is 0 Å². The zero-order chi connectivity index (χ0) is 13.0. The number of hydrogen-bond acceptors (Lipinski definition) is 2. The van der Waals surface area contributed by atoms with E-state index in [9.17, 15) is 4.79 Å². The minimum Gasteiger partial charge on any atom is -0.271 e. The Balaban J connectivity index is 2.88. The summed E-state index contributed by atoms with van der Waals surface area (Å²) in [5.74, 6) is 0.00111. The molecule has 0 aliphatic rings. The minimum atomic E-state index is 0.00111. The molecule has 1 N–H and O–H groups in total. The third kappa shape index (κ3) is 4.13. The summed E-state index contributed by atoms with van der Waals surface area (Å²) in [7, 11) is 0. The van der Waals surface area contributed by atoms with Crippen molar-refractivity contribution < 1.29 is 4.79 Å². The summed E-state index contributed by atoms with van der Waals surface area (Å²) in [6.45, 7) is 8.02. The van der Waals surface area contributed by atoms with E-state index in [1.165, 1.54) is 0 Å². The molecule has 94 valence electrons. The number of amides is 1. The normalized spacial score (nSPS) is 11.0. The lowest BCUT2D eigenvalue weighted by Crippen LogP contribution is -2.50. The average molecular weight is 299 g/mol. The molecule has 0 atom stereocenters. The standard InChI is InChI=1S/C13H19BrN2O/c1-9(2)15-16(10(3)4)13(17)11-5-7-12(14)8-6-11/h5-10,15H,1-4H3. The molecule has 0 unspecified atom stereocenters. The van der Waals surface area contributed by atoms with E-state index < -0.39 is 0 Å². The van der Waals surface area contributed by atoms with E-state index in [1.54, 1.807) is 5.01 Å². The van der Waals surface area contributed by atoms with Gasteiger partial charge in [0.05, 0.1) is 0 Å². The molecule has 0 aliphatic heterocycles. The van der Waals surface area contributed by atoms with Gasteiger partial charge in [-0.05, 0) is 52.0 Å². The molecule has 0 heterocycles. The molecule has 1 amide bonds. The van der Waals surface area contributed by atoms with Crippen molar-refractivity contribution in [2.24, 2.45) is 0 Å². The van der Waals surface area contributed by atoms with Crippen LogP contribution in [0.25, 0.3) is 0 Å². The van der Waals surface area contributed by atoms with Gasteiger partial charge in [0.2, 0.25) is 0 Å². The van der Waals surface area contributed by atoms with Gasteiger partial charge in [-0.3, -0.25) is 9.80 Å². The minimum absolute atomic E-state index is 0.00111. The maximum Gasteiger partial charge on any atom is 0.268 e. The van der Waals surface area contributed by atoms with Crippen molar-refractivity contribution in [2.45, 2.75) is 39.8 Å². The summed E-state index contributed by atoms with van der Waals surface area (Å²) in [6.07, 6.45) is 0. The SMILES string of the molecule is CC(C)NN(C(=O)c1ccc(Br)cc1)C(C)C. The molecule has 0 fully saturated rings. The molecule has 0 saturated carbocycles. The number of nitrogens with one attached hydrogen (secondary N) is 1. The van der Waals surface area contributed by atoms with Crippen LogP contribution in [-0.2, 0) is 0 Å². The van der Waals surface area contributed by atoms with Crippen LogP contribution in [0, 0.1) is 0 Å². The van der Waals surface area contributed by atoms with Crippen molar-refractivity contribution in [3.05, 3.63) is 34.3 Å². The Morgan fingerprint density at radius 2 is 1.71 bits per heavy atom. The van der Waals surface area contributed by atoms with Gasteiger partial charge in [0, 0.05) is 22.1 Å². The Labute approximate surface area is 111 Å². The molecule has 17 heavy (non-hydrogen) atoms. The molecule has 1 aromatic rings. The molecular formula is C13H19BrN2O. The van der Waals surface area contributed by atoms with Crippen LogP contribution in [0.2, 0.25) is 0 Å². The van der Waals surface area contributed by atoms with Gasteiger partial charge < -0.3 is 0 Å². The first-order valence-electron chi connectivity index (χ1n) is 5.77. The lowest BCUT2D eigenvalue weighted by atomic mass is 10.2. The molecule has 1 rings (SSSR count). The highest BCUT2D eigenvalue weighted by Crippen LogP contribution is 2.13. The first-order chi connectivity index (χ1) is 7.91. The maximum absolute atomic E-state index is 12.3. The smallest absolute Gasteiger partial charge is 0.268 e. The third-order valence-electron chi connectivity index (χ3n) is 2.22. The van der Waals surface area contributed by atoms with Crippen molar-refractivity contribution in [1.29, 1.82) is 0 Å². The Morgan fingerprint density at radius 3 is 2.12 bits per heavy atom. The lowest BCUT2D eigenvalue weighted by Gasteiger charge is -2.29. The number of rotatable bonds is 4. The second kappa shape index (κ2) is 6.17. The van der Waals surface area contributed by atoms with Crippen molar-refractivity contribution in [3.63, 3.8) is 0 Å². The first-order valence-corrected chi connectivity index (χ1v) is 6.56. The Hall–Kier alpha value is -0.870. The highest BCUT2D eigenvalue weighted by atomic mass is 79.9. The van der Waals surface area contributed by atoms with E-state index in [2.05, 4.69) is 21.4 Å². The third-order valence-corrected chi connectivity index (χ3v) is 2.75. The van der Waals surface area contributed by atoms with Gasteiger partial charge in [-0.15, -0.1) is 0 Å². The quantitative estimate of drug-likeness (QED) is 0.866. The van der Waals surface area contributed by atoms with Crippen molar-refractivity contribution in [3.8, 4) is 0 Å². The van der Waals surface area contributed by atoms with Crippen LogP contribution in [0.4, 0.5) is 0 Å². The number of hydrogen-bond donors (Lipinski definition) is 1. The fraction of sp³-hybridized carbons (Fsp3) is 0.462. The Morgan fingerprint density at radius 1 is 1.18 bits per heavy atom. The number of benzene rings is 1. The lowest BCUT2D eigenvalue weighted by molar-refractivity contribution is 0.0550. The van der Waals surface area contributed by atoms with E-state index in [1.807, 2.05) is 52.0 Å². The summed E-state index contributed by atoms with van der Waals surface area (Å²) in [5.41, 5.74) is 3.85. The molecule has 0 aromatic heterocycles. The van der Waals surface area contributed by atoms with Gasteiger partial charge in [-0.25, -0.2) is 5.43 Å². The van der Waals surface area contributed by atoms with Crippen LogP contribution in [0.5, 0.6) is 0 Å². The van der Waals surface area contributed by atoms with E-state index in [0.717, 1.165) is 4.47 Å². The molecule has 0 spiro atoms. The molecule has 0 aliphatic carbocycles. The fourth-order valence-electron chi connectivity index (χ4n) is 1.45. The molecule has 4 heteroatoms. The topological polar surface area (TPSA) is 32.3 Å². The van der Waals surface area contributed by atoms with Crippen LogP contribution >= 0.6 is 15.9 Å². The second-order valence-electron chi connectivity index (χ2n) is 4.56. The molecular weight excluding hydrogens is 280 g/mol. The number of nitrogens with zero attached hydrogens (tertiary/aromatic N) is 1. The summed E-state index contributed by atoms with van der Waals surface area (Å²) in [6, 6.07) is 7.75. The monoisotopic (exact) mass is 298 g/mol. The summed E-state index contributed by atoms with van der Waals surface area (Å²) < 4.78 is 0.974. The van der Waals surface area contributed by atoms with Crippen LogP contribution < -0.4 is 5.43 Å². The summed E-state index contributed by atoms with van der Waals surface area (Å²) in [5, 5.41) is 1.67.